The molecule has 70 heavy (non-hydrogen) atoms. The molecule has 5 nitrogen and oxygen atoms in total. The Morgan fingerprint density at radius 2 is 0.757 bits per heavy atom. The van der Waals surface area contributed by atoms with Gasteiger partial charge in [0.2, 0.25) is 0 Å². The molecule has 0 N–H and O–H groups in total. The van der Waals surface area contributed by atoms with Crippen molar-refractivity contribution in [1.82, 2.24) is 24.1 Å². The highest BCUT2D eigenvalue weighted by molar-refractivity contribution is 6.26. The van der Waals surface area contributed by atoms with Crippen LogP contribution in [0.15, 0.2) is 212 Å². The second-order valence-corrected chi connectivity index (χ2v) is 16.9. The van der Waals surface area contributed by atoms with Crippen LogP contribution in [-0.4, -0.2) is 24.1 Å². The molecule has 12 rings (SSSR count). The molecule has 9 aromatic carbocycles. The average Bonchev–Trinajstić information content (AvgIpc) is 3.91. The molecule has 0 unspecified atom stereocenters. The predicted molar refractivity (Wildman–Crippen MR) is 266 cm³/mol. The van der Waals surface area contributed by atoms with Crippen LogP contribution >= 0.6 is 0 Å². The molecule has 0 atom stereocenters. The minimum atomic E-state index is -4.87. The van der Waals surface area contributed by atoms with E-state index in [0.29, 0.717) is 22.2 Å². The van der Waals surface area contributed by atoms with E-state index in [-0.39, 0.29) is 51.0 Å². The molecule has 0 spiro atoms. The molecule has 0 bridgehead atoms. The number of nitrogens with zero attached hydrogens (tertiary/aromatic N) is 5. The van der Waals surface area contributed by atoms with Crippen LogP contribution in [0.1, 0.15) is 11.1 Å². The standard InChI is InChI=1S/C59H35F6N5/c60-58(61,62)47-28-14-10-24-40(47)45-34-38(57-67-55(36-18-4-1-5-19-36)66-56(68-57)37-20-6-2-7-21-37)35-46(41-25-11-15-29-48(41)59(63,64)65)53(45)70-50-31-17-13-27-44(50)52-51(70)33-32-43-42-26-12-16-30-49(42)69(54(43)52)39-22-8-3-9-23-39/h1-35H. The van der Waals surface area contributed by atoms with E-state index in [0.717, 1.165) is 50.4 Å². The van der Waals surface area contributed by atoms with Crippen LogP contribution in [0, 0.1) is 0 Å². The lowest BCUT2D eigenvalue weighted by atomic mass is 9.88. The lowest BCUT2D eigenvalue weighted by Crippen LogP contribution is -2.11. The zero-order valence-corrected chi connectivity index (χ0v) is 36.7. The molecule has 0 saturated heterocycles. The molecule has 338 valence electrons. The van der Waals surface area contributed by atoms with Crippen molar-refractivity contribution in [3.63, 3.8) is 0 Å². The maximum Gasteiger partial charge on any atom is 0.417 e. The Labute approximate surface area is 396 Å². The van der Waals surface area contributed by atoms with Crippen LogP contribution in [0.25, 0.3) is 111 Å². The summed E-state index contributed by atoms with van der Waals surface area (Å²) < 4.78 is 97.3. The average molecular weight is 928 g/mol. The minimum absolute atomic E-state index is 0.00619. The summed E-state index contributed by atoms with van der Waals surface area (Å²) in [6, 6.07) is 61.0. The number of benzene rings is 9. The van der Waals surface area contributed by atoms with Crippen molar-refractivity contribution in [1.29, 1.82) is 0 Å². The summed E-state index contributed by atoms with van der Waals surface area (Å²) >= 11 is 0. The molecule has 0 fully saturated rings. The van der Waals surface area contributed by atoms with Gasteiger partial charge in [0, 0.05) is 55.0 Å². The molecule has 3 heterocycles. The zero-order chi connectivity index (χ0) is 47.7. The maximum absolute atomic E-state index is 15.6. The van der Waals surface area contributed by atoms with Gasteiger partial charge in [0.25, 0.3) is 0 Å². The summed E-state index contributed by atoms with van der Waals surface area (Å²) in [5.74, 6) is 0.582. The third-order valence-electron chi connectivity index (χ3n) is 12.8. The summed E-state index contributed by atoms with van der Waals surface area (Å²) in [5, 5.41) is 3.41. The third-order valence-corrected chi connectivity index (χ3v) is 12.8. The number of fused-ring (bicyclic) bond motifs is 7. The van der Waals surface area contributed by atoms with Crippen molar-refractivity contribution in [3.8, 4) is 67.8 Å². The van der Waals surface area contributed by atoms with Crippen LogP contribution in [0.2, 0.25) is 0 Å². The molecule has 0 amide bonds. The topological polar surface area (TPSA) is 48.5 Å². The fourth-order valence-electron chi connectivity index (χ4n) is 9.88. The normalized spacial score (nSPS) is 12.1. The molecule has 0 aliphatic carbocycles. The second-order valence-electron chi connectivity index (χ2n) is 16.9. The van der Waals surface area contributed by atoms with Gasteiger partial charge in [0.05, 0.1) is 38.9 Å². The fraction of sp³-hybridized carbons (Fsp3) is 0.0339. The van der Waals surface area contributed by atoms with Gasteiger partial charge in [-0.2, -0.15) is 26.3 Å². The van der Waals surface area contributed by atoms with Crippen molar-refractivity contribution < 1.29 is 26.3 Å². The van der Waals surface area contributed by atoms with E-state index in [1.165, 1.54) is 36.4 Å². The SMILES string of the molecule is FC(F)(F)c1ccccc1-c1cc(-c2nc(-c3ccccc3)nc(-c3ccccc3)n2)cc(-c2ccccc2C(F)(F)F)c1-n1c2ccccc2c2c1ccc1c3ccccc3n(-c3ccccc3)c12. The second kappa shape index (κ2) is 16.4. The Morgan fingerprint density at radius 3 is 1.29 bits per heavy atom. The van der Waals surface area contributed by atoms with Crippen LogP contribution < -0.4 is 0 Å². The number of halogens is 6. The van der Waals surface area contributed by atoms with Gasteiger partial charge in [-0.05, 0) is 65.7 Å². The maximum atomic E-state index is 15.6. The lowest BCUT2D eigenvalue weighted by molar-refractivity contribution is -0.137. The van der Waals surface area contributed by atoms with E-state index in [1.807, 2.05) is 156 Å². The molecule has 0 saturated carbocycles. The highest BCUT2D eigenvalue weighted by Gasteiger charge is 2.38. The summed E-state index contributed by atoms with van der Waals surface area (Å²) in [6.07, 6.45) is -9.74. The van der Waals surface area contributed by atoms with Crippen LogP contribution in [0.4, 0.5) is 26.3 Å². The molecule has 11 heteroatoms. The van der Waals surface area contributed by atoms with E-state index in [9.17, 15) is 0 Å². The number of hydrogen-bond acceptors (Lipinski definition) is 3. The van der Waals surface area contributed by atoms with Crippen molar-refractivity contribution in [2.45, 2.75) is 12.4 Å². The molecule has 0 aliphatic heterocycles. The minimum Gasteiger partial charge on any atom is -0.309 e. The van der Waals surface area contributed by atoms with Crippen LogP contribution in [0.5, 0.6) is 0 Å². The van der Waals surface area contributed by atoms with Gasteiger partial charge in [-0.25, -0.2) is 15.0 Å². The fourth-order valence-corrected chi connectivity index (χ4v) is 9.88. The zero-order valence-electron chi connectivity index (χ0n) is 36.7. The first kappa shape index (κ1) is 42.5. The van der Waals surface area contributed by atoms with Gasteiger partial charge in [-0.1, -0.05) is 158 Å². The van der Waals surface area contributed by atoms with E-state index in [1.54, 1.807) is 12.1 Å². The van der Waals surface area contributed by atoms with Crippen molar-refractivity contribution >= 4 is 43.6 Å². The van der Waals surface area contributed by atoms with E-state index in [2.05, 4.69) is 4.57 Å². The van der Waals surface area contributed by atoms with Gasteiger partial charge in [0.15, 0.2) is 17.5 Å². The smallest absolute Gasteiger partial charge is 0.309 e. The molecule has 12 aromatic rings. The number of rotatable bonds is 7. The molecule has 0 radical (unpaired) electrons. The number of alkyl halides is 6. The van der Waals surface area contributed by atoms with E-state index < -0.39 is 23.5 Å². The molecular formula is C59H35F6N5. The van der Waals surface area contributed by atoms with Crippen LogP contribution in [-0.2, 0) is 12.4 Å². The predicted octanol–water partition coefficient (Wildman–Crippen LogP) is 16.4. The first-order valence-electron chi connectivity index (χ1n) is 22.4. The summed E-state index contributed by atoms with van der Waals surface area (Å²) in [6.45, 7) is 0. The summed E-state index contributed by atoms with van der Waals surface area (Å²) in [4.78, 5) is 14.7. The van der Waals surface area contributed by atoms with Crippen molar-refractivity contribution in [2.75, 3.05) is 0 Å². The van der Waals surface area contributed by atoms with E-state index >= 15 is 26.3 Å². The Hall–Kier alpha value is -8.83. The van der Waals surface area contributed by atoms with Crippen molar-refractivity contribution in [3.05, 3.63) is 223 Å². The first-order chi connectivity index (χ1) is 34.0. The number of para-hydroxylation sites is 3. The number of hydrogen-bond donors (Lipinski definition) is 0. The summed E-state index contributed by atoms with van der Waals surface area (Å²) in [5.41, 5.74) is 2.89. The van der Waals surface area contributed by atoms with Gasteiger partial charge in [-0.3, -0.25) is 0 Å². The third kappa shape index (κ3) is 7.08. The monoisotopic (exact) mass is 927 g/mol. The van der Waals surface area contributed by atoms with Gasteiger partial charge < -0.3 is 9.13 Å². The largest absolute Gasteiger partial charge is 0.417 e. The molecule has 0 aliphatic rings. The number of aromatic nitrogens is 5. The highest BCUT2D eigenvalue weighted by atomic mass is 19.4. The Balaban J connectivity index is 1.28. The van der Waals surface area contributed by atoms with Crippen LogP contribution in [0.3, 0.4) is 0 Å². The van der Waals surface area contributed by atoms with Gasteiger partial charge in [0.1, 0.15) is 0 Å². The van der Waals surface area contributed by atoms with Gasteiger partial charge >= 0.3 is 12.4 Å². The molecular weight excluding hydrogens is 893 g/mol. The molecule has 3 aromatic heterocycles. The lowest BCUT2D eigenvalue weighted by Gasteiger charge is -2.24. The Bertz CT molecular complexity index is 3830. The highest BCUT2D eigenvalue weighted by Crippen LogP contribution is 2.50. The quantitative estimate of drug-likeness (QED) is 0.150. The summed E-state index contributed by atoms with van der Waals surface area (Å²) in [7, 11) is 0. The Morgan fingerprint density at radius 1 is 0.329 bits per heavy atom. The first-order valence-corrected chi connectivity index (χ1v) is 22.4. The Kier molecular flexibility index (Phi) is 9.99. The van der Waals surface area contributed by atoms with E-state index in [4.69, 9.17) is 15.0 Å². The van der Waals surface area contributed by atoms with Gasteiger partial charge in [-0.15, -0.1) is 0 Å². The van der Waals surface area contributed by atoms with Crippen molar-refractivity contribution in [2.24, 2.45) is 0 Å².